The molecule has 0 heterocycles. The third-order valence-corrected chi connectivity index (χ3v) is 8.35. The van der Waals surface area contributed by atoms with Crippen molar-refractivity contribution in [3.05, 3.63) is 53.7 Å². The molecule has 196 valence electrons. The number of unbranched alkanes of at least 4 members (excludes halogenated alkanes) is 10. The Balaban J connectivity index is 1.75. The van der Waals surface area contributed by atoms with Crippen LogP contribution in [0.1, 0.15) is 123 Å². The summed E-state index contributed by atoms with van der Waals surface area (Å²) in [4.78, 5) is 27.4. The van der Waals surface area contributed by atoms with Crippen LogP contribution in [-0.4, -0.2) is 24.8 Å². The topological polar surface area (TPSA) is 52.6 Å². The van der Waals surface area contributed by atoms with Crippen molar-refractivity contribution >= 4 is 56.7 Å². The van der Waals surface area contributed by atoms with E-state index < -0.39 is 0 Å². The zero-order valence-electron chi connectivity index (χ0n) is 21.6. The third-order valence-electron chi connectivity index (χ3n) is 6.65. The summed E-state index contributed by atoms with van der Waals surface area (Å²) in [5.41, 5.74) is 1.62. The summed E-state index contributed by atoms with van der Waals surface area (Å²) >= 11 is 4.39. The van der Waals surface area contributed by atoms with Crippen LogP contribution in [0.4, 0.5) is 0 Å². The minimum absolute atomic E-state index is 0.156. The maximum atomic E-state index is 13.7. The smallest absolute Gasteiger partial charge is 0.198 e. The van der Waals surface area contributed by atoms with Gasteiger partial charge in [-0.15, -0.1) is 0 Å². The van der Waals surface area contributed by atoms with E-state index in [2.05, 4.69) is 59.0 Å². The molecule has 0 atom stereocenters. The molecular weight excluding hydrogens is 678 g/mol. The lowest BCUT2D eigenvalue weighted by atomic mass is 9.83. The Morgan fingerprint density at radius 1 is 0.556 bits per heavy atom. The van der Waals surface area contributed by atoms with Crippen molar-refractivity contribution in [2.45, 2.75) is 90.9 Å². The van der Waals surface area contributed by atoms with E-state index in [1.807, 2.05) is 12.1 Å². The summed E-state index contributed by atoms with van der Waals surface area (Å²) in [5, 5.41) is 0. The molecule has 1 aliphatic rings. The van der Waals surface area contributed by atoms with Crippen molar-refractivity contribution in [2.75, 3.05) is 13.2 Å². The highest BCUT2D eigenvalue weighted by Crippen LogP contribution is 2.41. The average Bonchev–Trinajstić information content (AvgIpc) is 2.87. The van der Waals surface area contributed by atoms with Crippen LogP contribution in [0.5, 0.6) is 11.5 Å². The van der Waals surface area contributed by atoms with Gasteiger partial charge in [-0.25, -0.2) is 0 Å². The lowest BCUT2D eigenvalue weighted by Gasteiger charge is -2.24. The number of hydrogen-bond acceptors (Lipinski definition) is 4. The maximum Gasteiger partial charge on any atom is 0.198 e. The Kier molecular flexibility index (Phi) is 12.5. The molecule has 0 radical (unpaired) electrons. The van der Waals surface area contributed by atoms with Crippen molar-refractivity contribution in [2.24, 2.45) is 0 Å². The number of ketones is 2. The molecule has 0 fully saturated rings. The van der Waals surface area contributed by atoms with Gasteiger partial charge in [0.05, 0.1) is 31.5 Å². The predicted octanol–water partition coefficient (Wildman–Crippen LogP) is 9.15. The first-order valence-corrected chi connectivity index (χ1v) is 15.7. The summed E-state index contributed by atoms with van der Waals surface area (Å²) in [6.07, 6.45) is 14.0. The van der Waals surface area contributed by atoms with E-state index in [1.54, 1.807) is 12.1 Å². The molecular formula is C30H38I2O4. The highest BCUT2D eigenvalue weighted by molar-refractivity contribution is 14.1. The molecule has 0 aliphatic heterocycles. The van der Waals surface area contributed by atoms with E-state index in [0.29, 0.717) is 47.0 Å². The van der Waals surface area contributed by atoms with Gasteiger partial charge in [0.1, 0.15) is 11.5 Å². The molecule has 2 aromatic rings. The number of rotatable bonds is 16. The van der Waals surface area contributed by atoms with Gasteiger partial charge >= 0.3 is 0 Å². The first kappa shape index (κ1) is 29.4. The van der Waals surface area contributed by atoms with Crippen LogP contribution in [0.3, 0.4) is 0 Å². The fourth-order valence-corrected chi connectivity index (χ4v) is 5.82. The standard InChI is InChI=1S/C30H38I2O4/c1-3-5-7-9-11-13-19-35-29-23(31)17-15-21-25(29)27(33)22-16-18-24(32)30(26(22)28(21)34)36-20-14-12-10-8-6-4-2/h15-18H,3-14,19-20H2,1-2H3. The molecule has 6 heteroatoms. The first-order valence-electron chi connectivity index (χ1n) is 13.5. The van der Waals surface area contributed by atoms with Gasteiger partial charge in [-0.1, -0.05) is 78.1 Å². The molecule has 1 aliphatic carbocycles. The molecule has 0 spiro atoms. The van der Waals surface area contributed by atoms with Crippen molar-refractivity contribution < 1.29 is 19.1 Å². The minimum atomic E-state index is -0.156. The fraction of sp³-hybridized carbons (Fsp3) is 0.533. The highest BCUT2D eigenvalue weighted by Gasteiger charge is 2.36. The molecule has 2 aromatic carbocycles. The van der Waals surface area contributed by atoms with Crippen LogP contribution in [0.25, 0.3) is 0 Å². The van der Waals surface area contributed by atoms with Gasteiger partial charge in [0.25, 0.3) is 0 Å². The number of fused-ring (bicyclic) bond motifs is 2. The second kappa shape index (κ2) is 15.3. The summed E-state index contributed by atoms with van der Waals surface area (Å²) < 4.78 is 14.0. The van der Waals surface area contributed by atoms with Crippen LogP contribution < -0.4 is 9.47 Å². The number of hydrogen-bond donors (Lipinski definition) is 0. The molecule has 0 amide bonds. The van der Waals surface area contributed by atoms with Crippen molar-refractivity contribution in [1.82, 2.24) is 0 Å². The number of ether oxygens (including phenoxy) is 2. The van der Waals surface area contributed by atoms with Crippen LogP contribution in [-0.2, 0) is 0 Å². The summed E-state index contributed by atoms with van der Waals surface area (Å²) in [5.74, 6) is 0.770. The third kappa shape index (κ3) is 7.45. The van der Waals surface area contributed by atoms with Crippen LogP contribution >= 0.6 is 45.2 Å². The number of carbonyl (C=O) groups is 2. The maximum absolute atomic E-state index is 13.7. The van der Waals surface area contributed by atoms with Gasteiger partial charge in [-0.05, 0) is 82.3 Å². The molecule has 0 saturated heterocycles. The van der Waals surface area contributed by atoms with Crippen molar-refractivity contribution in [3.8, 4) is 11.5 Å². The van der Waals surface area contributed by atoms with E-state index >= 15 is 0 Å². The quantitative estimate of drug-likeness (QED) is 0.110. The monoisotopic (exact) mass is 716 g/mol. The molecule has 0 N–H and O–H groups in total. The zero-order chi connectivity index (χ0) is 25.9. The number of halogens is 2. The van der Waals surface area contributed by atoms with Gasteiger partial charge in [-0.2, -0.15) is 0 Å². The van der Waals surface area contributed by atoms with Gasteiger partial charge in [-0.3, -0.25) is 9.59 Å². The Morgan fingerprint density at radius 2 is 0.917 bits per heavy atom. The molecule has 0 saturated carbocycles. The van der Waals surface area contributed by atoms with Crippen molar-refractivity contribution in [1.29, 1.82) is 0 Å². The highest BCUT2D eigenvalue weighted by atomic mass is 127. The Labute approximate surface area is 243 Å². The van der Waals surface area contributed by atoms with Crippen LogP contribution in [0, 0.1) is 7.14 Å². The Morgan fingerprint density at radius 3 is 1.31 bits per heavy atom. The molecule has 3 rings (SSSR count). The Hall–Kier alpha value is -1.16. The van der Waals surface area contributed by atoms with Crippen LogP contribution in [0.2, 0.25) is 0 Å². The van der Waals surface area contributed by atoms with Gasteiger partial charge in [0.15, 0.2) is 11.6 Å². The largest absolute Gasteiger partial charge is 0.492 e. The Bertz CT molecular complexity index is 964. The van der Waals surface area contributed by atoms with Crippen LogP contribution in [0.15, 0.2) is 24.3 Å². The van der Waals surface area contributed by atoms with E-state index in [-0.39, 0.29) is 11.6 Å². The molecule has 4 nitrogen and oxygen atoms in total. The zero-order valence-corrected chi connectivity index (χ0v) is 25.9. The lowest BCUT2D eigenvalue weighted by Crippen LogP contribution is -2.24. The van der Waals surface area contributed by atoms with Gasteiger partial charge in [0, 0.05) is 11.1 Å². The lowest BCUT2D eigenvalue weighted by molar-refractivity contribution is 0.0971. The predicted molar refractivity (Wildman–Crippen MR) is 163 cm³/mol. The van der Waals surface area contributed by atoms with E-state index in [1.165, 1.54) is 51.4 Å². The van der Waals surface area contributed by atoms with E-state index in [4.69, 9.17) is 9.47 Å². The molecule has 36 heavy (non-hydrogen) atoms. The normalized spacial score (nSPS) is 12.4. The molecule has 0 aromatic heterocycles. The summed E-state index contributed by atoms with van der Waals surface area (Å²) in [6.45, 7) is 5.52. The number of carbonyl (C=O) groups excluding carboxylic acids is 2. The summed E-state index contributed by atoms with van der Waals surface area (Å²) in [6, 6.07) is 7.26. The second-order valence-electron chi connectivity index (χ2n) is 9.49. The van der Waals surface area contributed by atoms with E-state index in [0.717, 1.165) is 32.8 Å². The number of benzene rings is 2. The second-order valence-corrected chi connectivity index (χ2v) is 11.8. The van der Waals surface area contributed by atoms with E-state index in [9.17, 15) is 9.59 Å². The first-order chi connectivity index (χ1) is 17.5. The summed E-state index contributed by atoms with van der Waals surface area (Å²) in [7, 11) is 0. The van der Waals surface area contributed by atoms with Crippen molar-refractivity contribution in [3.63, 3.8) is 0 Å². The molecule has 0 unspecified atom stereocenters. The minimum Gasteiger partial charge on any atom is -0.492 e. The average molecular weight is 716 g/mol. The molecule has 0 bridgehead atoms. The fourth-order valence-electron chi connectivity index (χ4n) is 4.61. The SMILES string of the molecule is CCCCCCCCOc1c(I)ccc2c1C(=O)c1ccc(I)c(OCCCCCCCC)c1C2=O. The van der Waals surface area contributed by atoms with Gasteiger partial charge in [0.2, 0.25) is 0 Å². The van der Waals surface area contributed by atoms with Gasteiger partial charge < -0.3 is 9.47 Å².